The molecule has 0 radical (unpaired) electrons. The van der Waals surface area contributed by atoms with Crippen LogP contribution < -0.4 is 10.6 Å². The Kier molecular flexibility index (Phi) is 8.14. The Morgan fingerprint density at radius 2 is 1.86 bits per heavy atom. The van der Waals surface area contributed by atoms with E-state index >= 15 is 0 Å². The Morgan fingerprint density at radius 3 is 2.70 bits per heavy atom. The summed E-state index contributed by atoms with van der Waals surface area (Å²) in [4.78, 5) is 31.3. The van der Waals surface area contributed by atoms with Crippen molar-refractivity contribution in [3.8, 4) is 0 Å². The Morgan fingerprint density at radius 1 is 1.08 bits per heavy atom. The monoisotopic (exact) mass is 502 g/mol. The number of fused-ring (bicyclic) bond motifs is 1. The van der Waals surface area contributed by atoms with Gasteiger partial charge in [0.25, 0.3) is 5.91 Å². The summed E-state index contributed by atoms with van der Waals surface area (Å²) in [6.45, 7) is 8.35. The molecule has 0 aliphatic carbocycles. The van der Waals surface area contributed by atoms with Gasteiger partial charge in [0.15, 0.2) is 0 Å². The number of hydrogen-bond acceptors (Lipinski definition) is 3. The van der Waals surface area contributed by atoms with Gasteiger partial charge in [-0.1, -0.05) is 31.0 Å². The molecular formula is C31H42N4O2. The number of hydrogen-bond donors (Lipinski definition) is 3. The van der Waals surface area contributed by atoms with Crippen molar-refractivity contribution in [2.24, 2.45) is 11.8 Å². The normalized spacial score (nSPS) is 21.4. The van der Waals surface area contributed by atoms with E-state index in [2.05, 4.69) is 34.4 Å². The minimum Gasteiger partial charge on any atom is -0.359 e. The Bertz CT molecular complexity index is 1160. The number of rotatable bonds is 8. The number of likely N-dealkylation sites (tertiary alicyclic amines) is 1. The second-order valence-electron chi connectivity index (χ2n) is 11.3. The van der Waals surface area contributed by atoms with Crippen molar-refractivity contribution in [3.63, 3.8) is 0 Å². The molecule has 1 aromatic heterocycles. The molecule has 2 aromatic rings. The van der Waals surface area contributed by atoms with Crippen LogP contribution in [0, 0.1) is 25.7 Å². The van der Waals surface area contributed by atoms with Gasteiger partial charge in [-0.15, -0.1) is 0 Å². The molecule has 4 heterocycles. The molecule has 1 unspecified atom stereocenters. The largest absolute Gasteiger partial charge is 0.359 e. The molecule has 2 amide bonds. The predicted octanol–water partition coefficient (Wildman–Crippen LogP) is 5.47. The van der Waals surface area contributed by atoms with Crippen LogP contribution in [0.4, 0.5) is 5.69 Å². The number of carbonyl (C=O) groups excluding carboxylic acids is 2. The zero-order valence-electron chi connectivity index (χ0n) is 22.5. The number of carbonyl (C=O) groups is 2. The first-order chi connectivity index (χ1) is 18.0. The number of benzene rings is 1. The fourth-order valence-corrected chi connectivity index (χ4v) is 6.54. The first-order valence-corrected chi connectivity index (χ1v) is 14.3. The fraction of sp³-hybridized carbons (Fsp3) is 0.548. The summed E-state index contributed by atoms with van der Waals surface area (Å²) >= 11 is 0. The molecule has 0 saturated carbocycles. The third kappa shape index (κ3) is 6.01. The van der Waals surface area contributed by atoms with Crippen LogP contribution in [-0.2, 0) is 16.0 Å². The van der Waals surface area contributed by atoms with Crippen LogP contribution in [0.3, 0.4) is 0 Å². The number of aryl methyl sites for hydroxylation is 1. The van der Waals surface area contributed by atoms with Crippen molar-refractivity contribution >= 4 is 29.2 Å². The highest BCUT2D eigenvalue weighted by molar-refractivity contribution is 6.34. The molecular weight excluding hydrogens is 460 g/mol. The lowest BCUT2D eigenvalue weighted by atomic mass is 9.87. The third-order valence-corrected chi connectivity index (χ3v) is 8.77. The highest BCUT2D eigenvalue weighted by atomic mass is 16.2. The number of amides is 2. The van der Waals surface area contributed by atoms with Crippen LogP contribution in [0.1, 0.15) is 79.4 Å². The van der Waals surface area contributed by atoms with Crippen LogP contribution in [0.5, 0.6) is 0 Å². The molecule has 3 aliphatic rings. The summed E-state index contributed by atoms with van der Waals surface area (Å²) in [7, 11) is 0. The molecule has 2 saturated heterocycles. The minimum atomic E-state index is -0.0695. The molecule has 3 aliphatic heterocycles. The van der Waals surface area contributed by atoms with E-state index in [1.165, 1.54) is 57.2 Å². The second-order valence-corrected chi connectivity index (χ2v) is 11.3. The van der Waals surface area contributed by atoms with Crippen molar-refractivity contribution < 1.29 is 9.59 Å². The average Bonchev–Trinajstić information content (AvgIpc) is 3.37. The van der Waals surface area contributed by atoms with Gasteiger partial charge >= 0.3 is 0 Å². The standard InChI is InChI=1S/C31H42N4O2/c1-21-25(22(2)33-29(21)19-27-26-10-3-4-11-28(26)34-31(27)37)12-13-30(36)35-18-6-9-24(20-35)8-5-7-23-14-16-32-17-15-23/h3-4,10-11,19,23-24,32-33H,5-9,12-18,20H2,1-2H3,(H,34,37). The lowest BCUT2D eigenvalue weighted by molar-refractivity contribution is -0.133. The van der Waals surface area contributed by atoms with Crippen molar-refractivity contribution in [3.05, 3.63) is 52.3 Å². The molecule has 2 fully saturated rings. The summed E-state index contributed by atoms with van der Waals surface area (Å²) < 4.78 is 0. The van der Waals surface area contributed by atoms with Gasteiger partial charge in [0.2, 0.25) is 5.91 Å². The summed E-state index contributed by atoms with van der Waals surface area (Å²) in [5.74, 6) is 1.77. The molecule has 37 heavy (non-hydrogen) atoms. The number of aromatic amines is 1. The number of nitrogens with one attached hydrogen (secondary N) is 3. The number of aromatic nitrogens is 1. The van der Waals surface area contributed by atoms with E-state index < -0.39 is 0 Å². The fourth-order valence-electron chi connectivity index (χ4n) is 6.54. The number of para-hydroxylation sites is 1. The van der Waals surface area contributed by atoms with E-state index in [1.54, 1.807) is 0 Å². The zero-order valence-corrected chi connectivity index (χ0v) is 22.5. The third-order valence-electron chi connectivity index (χ3n) is 8.77. The second kappa shape index (κ2) is 11.7. The van der Waals surface area contributed by atoms with E-state index in [0.29, 0.717) is 17.9 Å². The molecule has 6 nitrogen and oxygen atoms in total. The summed E-state index contributed by atoms with van der Waals surface area (Å²) in [5.41, 5.74) is 6.84. The molecule has 1 aromatic carbocycles. The number of nitrogens with zero attached hydrogens (tertiary/aromatic N) is 1. The van der Waals surface area contributed by atoms with Gasteiger partial charge in [0.05, 0.1) is 5.57 Å². The lowest BCUT2D eigenvalue weighted by Crippen LogP contribution is -2.40. The van der Waals surface area contributed by atoms with Gasteiger partial charge in [0.1, 0.15) is 0 Å². The summed E-state index contributed by atoms with van der Waals surface area (Å²) in [6.07, 6.45) is 12.2. The predicted molar refractivity (Wildman–Crippen MR) is 150 cm³/mol. The molecule has 0 spiro atoms. The van der Waals surface area contributed by atoms with Crippen LogP contribution in [-0.4, -0.2) is 47.9 Å². The van der Waals surface area contributed by atoms with Crippen LogP contribution in [0.25, 0.3) is 11.6 Å². The van der Waals surface area contributed by atoms with Gasteiger partial charge in [0, 0.05) is 42.1 Å². The van der Waals surface area contributed by atoms with Gasteiger partial charge in [-0.2, -0.15) is 0 Å². The highest BCUT2D eigenvalue weighted by Crippen LogP contribution is 2.34. The Balaban J connectivity index is 1.16. The first kappa shape index (κ1) is 25.8. The van der Waals surface area contributed by atoms with E-state index in [1.807, 2.05) is 30.3 Å². The Hall–Kier alpha value is -2.86. The van der Waals surface area contributed by atoms with Crippen molar-refractivity contribution in [1.82, 2.24) is 15.2 Å². The SMILES string of the molecule is Cc1[nH]c(C=C2C(=O)Nc3ccccc32)c(C)c1CCC(=O)N1CCCC(CCCC2CCNCC2)C1. The lowest BCUT2D eigenvalue weighted by Gasteiger charge is -2.33. The van der Waals surface area contributed by atoms with E-state index in [-0.39, 0.29) is 11.8 Å². The smallest absolute Gasteiger partial charge is 0.256 e. The van der Waals surface area contributed by atoms with E-state index in [4.69, 9.17) is 0 Å². The minimum absolute atomic E-state index is 0.0695. The zero-order chi connectivity index (χ0) is 25.8. The number of anilines is 1. The molecule has 6 heteroatoms. The first-order valence-electron chi connectivity index (χ1n) is 14.3. The summed E-state index contributed by atoms with van der Waals surface area (Å²) in [6, 6.07) is 7.79. The molecule has 5 rings (SSSR count). The number of piperidine rings is 2. The molecule has 198 valence electrons. The van der Waals surface area contributed by atoms with Crippen LogP contribution in [0.15, 0.2) is 24.3 Å². The maximum atomic E-state index is 13.2. The maximum Gasteiger partial charge on any atom is 0.256 e. The Labute approximate surface area is 221 Å². The summed E-state index contributed by atoms with van der Waals surface area (Å²) in [5, 5.41) is 6.41. The van der Waals surface area contributed by atoms with Crippen LogP contribution in [0.2, 0.25) is 0 Å². The molecule has 1 atom stereocenters. The molecule has 0 bridgehead atoms. The quantitative estimate of drug-likeness (QED) is 0.419. The van der Waals surface area contributed by atoms with Gasteiger partial charge < -0.3 is 20.5 Å². The van der Waals surface area contributed by atoms with E-state index in [9.17, 15) is 9.59 Å². The number of H-pyrrole nitrogens is 1. The van der Waals surface area contributed by atoms with Crippen molar-refractivity contribution in [1.29, 1.82) is 0 Å². The maximum absolute atomic E-state index is 13.2. The molecule has 3 N–H and O–H groups in total. The van der Waals surface area contributed by atoms with Gasteiger partial charge in [-0.3, -0.25) is 9.59 Å². The van der Waals surface area contributed by atoms with Gasteiger partial charge in [-0.05, 0) is 101 Å². The average molecular weight is 503 g/mol. The van der Waals surface area contributed by atoms with Gasteiger partial charge in [-0.25, -0.2) is 0 Å². The van der Waals surface area contributed by atoms with E-state index in [0.717, 1.165) is 60.1 Å². The van der Waals surface area contributed by atoms with Crippen molar-refractivity contribution in [2.75, 3.05) is 31.5 Å². The topological polar surface area (TPSA) is 77.2 Å². The van der Waals surface area contributed by atoms with Crippen molar-refractivity contribution in [2.45, 2.75) is 71.6 Å². The highest BCUT2D eigenvalue weighted by Gasteiger charge is 2.26. The van der Waals surface area contributed by atoms with Crippen LogP contribution >= 0.6 is 0 Å².